The van der Waals surface area contributed by atoms with Crippen LogP contribution in [0.1, 0.15) is 31.1 Å². The zero-order chi connectivity index (χ0) is 12.3. The molecular weight excluding hydrogens is 216 g/mol. The molecule has 96 valence electrons. The van der Waals surface area contributed by atoms with Crippen LogP contribution in [0.5, 0.6) is 0 Å². The Morgan fingerprint density at radius 2 is 2.41 bits per heavy atom. The average Bonchev–Trinajstić information content (AvgIpc) is 2.76. The summed E-state index contributed by atoms with van der Waals surface area (Å²) in [5.74, 6) is 0.993. The van der Waals surface area contributed by atoms with Crippen molar-refractivity contribution in [2.75, 3.05) is 20.2 Å². The van der Waals surface area contributed by atoms with Gasteiger partial charge in [-0.25, -0.2) is 0 Å². The smallest absolute Gasteiger partial charge is 0.122 e. The van der Waals surface area contributed by atoms with Gasteiger partial charge in [0.05, 0.1) is 18.4 Å². The van der Waals surface area contributed by atoms with Gasteiger partial charge in [-0.2, -0.15) is 0 Å². The van der Waals surface area contributed by atoms with Gasteiger partial charge in [-0.15, -0.1) is 0 Å². The normalized spacial score (nSPS) is 26.3. The van der Waals surface area contributed by atoms with Gasteiger partial charge in [0.1, 0.15) is 5.76 Å². The number of hydrogen-bond donors (Lipinski definition) is 1. The third-order valence-corrected chi connectivity index (χ3v) is 3.66. The van der Waals surface area contributed by atoms with Crippen molar-refractivity contribution < 1.29 is 9.15 Å². The van der Waals surface area contributed by atoms with Crippen LogP contribution in [0.2, 0.25) is 0 Å². The zero-order valence-electron chi connectivity index (χ0n) is 10.7. The maximum atomic E-state index is 5.68. The Morgan fingerprint density at radius 1 is 1.59 bits per heavy atom. The lowest BCUT2D eigenvalue weighted by atomic mass is 9.94. The van der Waals surface area contributed by atoms with E-state index in [9.17, 15) is 0 Å². The van der Waals surface area contributed by atoms with Crippen LogP contribution < -0.4 is 5.73 Å². The molecule has 17 heavy (non-hydrogen) atoms. The van der Waals surface area contributed by atoms with Crippen LogP contribution >= 0.6 is 0 Å². The molecule has 1 aliphatic heterocycles. The lowest BCUT2D eigenvalue weighted by Crippen LogP contribution is -2.46. The van der Waals surface area contributed by atoms with Gasteiger partial charge in [0.2, 0.25) is 0 Å². The topological polar surface area (TPSA) is 51.6 Å². The first-order valence-electron chi connectivity index (χ1n) is 6.20. The lowest BCUT2D eigenvalue weighted by molar-refractivity contribution is -0.0539. The number of piperidine rings is 1. The number of furan rings is 1. The summed E-state index contributed by atoms with van der Waals surface area (Å²) in [6.07, 6.45) is 4.02. The van der Waals surface area contributed by atoms with E-state index in [1.165, 1.54) is 6.42 Å². The molecule has 0 spiro atoms. The molecule has 0 bridgehead atoms. The highest BCUT2D eigenvalue weighted by Crippen LogP contribution is 2.25. The highest BCUT2D eigenvalue weighted by molar-refractivity contribution is 5.16. The van der Waals surface area contributed by atoms with Gasteiger partial charge in [0.25, 0.3) is 0 Å². The summed E-state index contributed by atoms with van der Waals surface area (Å²) in [7, 11) is 1.79. The van der Waals surface area contributed by atoms with E-state index in [1.807, 2.05) is 6.07 Å². The molecule has 0 saturated carbocycles. The van der Waals surface area contributed by atoms with Crippen molar-refractivity contribution in [1.29, 1.82) is 0 Å². The summed E-state index contributed by atoms with van der Waals surface area (Å²) in [6, 6.07) is 1.95. The second kappa shape index (κ2) is 5.21. The summed E-state index contributed by atoms with van der Waals surface area (Å²) in [4.78, 5) is 2.38. The zero-order valence-corrected chi connectivity index (χ0v) is 10.7. The van der Waals surface area contributed by atoms with Gasteiger partial charge < -0.3 is 14.9 Å². The number of nitrogens with two attached hydrogens (primary N) is 1. The van der Waals surface area contributed by atoms with Crippen LogP contribution in [0.3, 0.4) is 0 Å². The molecule has 2 rings (SSSR count). The highest BCUT2D eigenvalue weighted by Gasteiger charge is 2.31. The van der Waals surface area contributed by atoms with Crippen molar-refractivity contribution >= 4 is 0 Å². The average molecular weight is 238 g/mol. The number of nitrogens with zero attached hydrogens (tertiary/aromatic N) is 1. The summed E-state index contributed by atoms with van der Waals surface area (Å²) in [6.45, 7) is 5.60. The van der Waals surface area contributed by atoms with Crippen molar-refractivity contribution in [1.82, 2.24) is 4.90 Å². The number of hydrogen-bond acceptors (Lipinski definition) is 4. The Morgan fingerprint density at radius 3 is 3.12 bits per heavy atom. The molecule has 0 aliphatic carbocycles. The molecule has 0 aromatic carbocycles. The molecule has 1 aromatic rings. The van der Waals surface area contributed by atoms with Gasteiger partial charge in [0.15, 0.2) is 0 Å². The molecule has 4 nitrogen and oxygen atoms in total. The van der Waals surface area contributed by atoms with Crippen molar-refractivity contribution in [2.24, 2.45) is 5.73 Å². The summed E-state index contributed by atoms with van der Waals surface area (Å²) in [5, 5.41) is 0. The van der Waals surface area contributed by atoms with Crippen molar-refractivity contribution in [2.45, 2.75) is 38.5 Å². The molecule has 2 N–H and O–H groups in total. The molecule has 0 amide bonds. The molecule has 1 atom stereocenters. The Kier molecular flexibility index (Phi) is 3.86. The van der Waals surface area contributed by atoms with Crippen molar-refractivity contribution in [3.63, 3.8) is 0 Å². The number of methoxy groups -OCH3 is 1. The molecule has 1 fully saturated rings. The fourth-order valence-electron chi connectivity index (χ4n) is 2.50. The third-order valence-electron chi connectivity index (χ3n) is 3.66. The minimum atomic E-state index is -0.0201. The Hall–Kier alpha value is -0.840. The maximum Gasteiger partial charge on any atom is 0.122 e. The Bertz CT molecular complexity index is 364. The van der Waals surface area contributed by atoms with E-state index in [0.29, 0.717) is 6.54 Å². The van der Waals surface area contributed by atoms with Crippen LogP contribution in [-0.4, -0.2) is 30.7 Å². The fraction of sp³-hybridized carbons (Fsp3) is 0.692. The second-order valence-corrected chi connectivity index (χ2v) is 5.04. The van der Waals surface area contributed by atoms with E-state index in [4.69, 9.17) is 14.9 Å². The summed E-state index contributed by atoms with van der Waals surface area (Å²) < 4.78 is 11.1. The predicted molar refractivity (Wildman–Crippen MR) is 66.5 cm³/mol. The van der Waals surface area contributed by atoms with Crippen LogP contribution in [0.4, 0.5) is 0 Å². The van der Waals surface area contributed by atoms with E-state index in [1.54, 1.807) is 13.4 Å². The van der Waals surface area contributed by atoms with Crippen molar-refractivity contribution in [3.05, 3.63) is 23.7 Å². The predicted octanol–water partition coefficient (Wildman–Crippen LogP) is 1.74. The molecule has 1 aromatic heterocycles. The van der Waals surface area contributed by atoms with Gasteiger partial charge in [-0.05, 0) is 32.4 Å². The van der Waals surface area contributed by atoms with Gasteiger partial charge >= 0.3 is 0 Å². The number of rotatable bonds is 4. The van der Waals surface area contributed by atoms with Crippen LogP contribution in [-0.2, 0) is 17.8 Å². The highest BCUT2D eigenvalue weighted by atomic mass is 16.5. The van der Waals surface area contributed by atoms with Crippen molar-refractivity contribution in [3.8, 4) is 0 Å². The first-order valence-corrected chi connectivity index (χ1v) is 6.20. The third kappa shape index (κ3) is 2.89. The quantitative estimate of drug-likeness (QED) is 0.868. The Labute approximate surface area is 103 Å². The minimum absolute atomic E-state index is 0.0201. The lowest BCUT2D eigenvalue weighted by Gasteiger charge is -2.39. The molecule has 0 radical (unpaired) electrons. The van der Waals surface area contributed by atoms with E-state index >= 15 is 0 Å². The minimum Gasteiger partial charge on any atom is -0.468 e. The molecular formula is C13H22N2O2. The van der Waals surface area contributed by atoms with Crippen LogP contribution in [0.25, 0.3) is 0 Å². The first-order chi connectivity index (χ1) is 8.17. The number of ether oxygens (including phenoxy) is 1. The van der Waals surface area contributed by atoms with E-state index in [-0.39, 0.29) is 5.60 Å². The van der Waals surface area contributed by atoms with Gasteiger partial charge in [-0.3, -0.25) is 4.90 Å². The molecule has 2 heterocycles. The summed E-state index contributed by atoms with van der Waals surface area (Å²) in [5.41, 5.74) is 6.76. The monoisotopic (exact) mass is 238 g/mol. The molecule has 1 unspecified atom stereocenters. The summed E-state index contributed by atoms with van der Waals surface area (Å²) >= 11 is 0. The largest absolute Gasteiger partial charge is 0.468 e. The molecule has 4 heteroatoms. The van der Waals surface area contributed by atoms with Crippen LogP contribution in [0.15, 0.2) is 16.7 Å². The second-order valence-electron chi connectivity index (χ2n) is 5.04. The Balaban J connectivity index is 1.99. The first kappa shape index (κ1) is 12.6. The SMILES string of the molecule is COC1(C)CCCN(Cc2occc2CN)C1. The molecule has 1 aliphatic rings. The van der Waals surface area contributed by atoms with E-state index in [2.05, 4.69) is 11.8 Å². The maximum absolute atomic E-state index is 5.68. The van der Waals surface area contributed by atoms with E-state index in [0.717, 1.165) is 37.4 Å². The fourth-order valence-corrected chi connectivity index (χ4v) is 2.50. The van der Waals surface area contributed by atoms with E-state index < -0.39 is 0 Å². The van der Waals surface area contributed by atoms with Gasteiger partial charge in [0, 0.05) is 25.8 Å². The van der Waals surface area contributed by atoms with Gasteiger partial charge in [-0.1, -0.05) is 0 Å². The van der Waals surface area contributed by atoms with Crippen LogP contribution in [0, 0.1) is 0 Å². The molecule has 1 saturated heterocycles. The number of likely N-dealkylation sites (tertiary alicyclic amines) is 1. The standard InChI is InChI=1S/C13H22N2O2/c1-13(16-2)5-3-6-15(10-13)9-12-11(8-14)4-7-17-12/h4,7H,3,5-6,8-10,14H2,1-2H3.